The number of methoxy groups -OCH3 is 1. The van der Waals surface area contributed by atoms with E-state index in [0.717, 1.165) is 0 Å². The molecule has 0 fully saturated rings. The van der Waals surface area contributed by atoms with E-state index in [1.807, 2.05) is 0 Å². The predicted molar refractivity (Wildman–Crippen MR) is 46.6 cm³/mol. The molecule has 0 aliphatic carbocycles. The Kier molecular flexibility index (Phi) is 2.10. The molecule has 0 radical (unpaired) electrons. The number of aryl methyl sites for hydroxylation is 1. The first-order valence-electron chi connectivity index (χ1n) is 3.96. The van der Waals surface area contributed by atoms with Crippen LogP contribution in [-0.4, -0.2) is 27.2 Å². The zero-order valence-electron chi connectivity index (χ0n) is 7.76. The van der Waals surface area contributed by atoms with E-state index in [9.17, 15) is 0 Å². The Hall–Kier alpha value is -1.98. The fourth-order valence-electron chi connectivity index (χ4n) is 0.954. The van der Waals surface area contributed by atoms with Gasteiger partial charge in [-0.05, 0) is 0 Å². The summed E-state index contributed by atoms with van der Waals surface area (Å²) in [6, 6.07) is 0.314. The van der Waals surface area contributed by atoms with Crippen molar-refractivity contribution in [3.63, 3.8) is 0 Å². The molecule has 2 rings (SSSR count). The Morgan fingerprint density at radius 1 is 1.29 bits per heavy atom. The molecule has 0 atom stereocenters. The van der Waals surface area contributed by atoms with Crippen LogP contribution in [0.15, 0.2) is 16.9 Å². The smallest absolute Gasteiger partial charge is 0.316 e. The highest BCUT2D eigenvalue weighted by atomic mass is 16.5. The monoisotopic (exact) mass is 192 g/mol. The number of nitrogens with zero attached hydrogens (tertiary/aromatic N) is 4. The largest absolute Gasteiger partial charge is 0.467 e. The Morgan fingerprint density at radius 2 is 2.00 bits per heavy atom. The predicted octanol–water partition coefficient (Wildman–Crippen LogP) is 0.844. The van der Waals surface area contributed by atoms with Gasteiger partial charge in [-0.15, -0.1) is 0 Å². The molecule has 0 saturated heterocycles. The zero-order chi connectivity index (χ0) is 9.97. The van der Waals surface area contributed by atoms with Crippen LogP contribution in [0.25, 0.3) is 11.4 Å². The van der Waals surface area contributed by atoms with Gasteiger partial charge >= 0.3 is 6.01 Å². The van der Waals surface area contributed by atoms with Gasteiger partial charge in [-0.2, -0.15) is 4.98 Å². The van der Waals surface area contributed by atoms with Gasteiger partial charge in [0.25, 0.3) is 0 Å². The molecule has 2 aromatic rings. The van der Waals surface area contributed by atoms with E-state index in [1.54, 1.807) is 19.3 Å². The summed E-state index contributed by atoms with van der Waals surface area (Å²) in [7, 11) is 1.51. The Balaban J connectivity index is 2.33. The lowest BCUT2D eigenvalue weighted by atomic mass is 10.3. The van der Waals surface area contributed by atoms with Crippen LogP contribution in [0.3, 0.4) is 0 Å². The molecule has 0 N–H and O–H groups in total. The molecule has 14 heavy (non-hydrogen) atoms. The van der Waals surface area contributed by atoms with Crippen LogP contribution < -0.4 is 4.74 Å². The highest BCUT2D eigenvalue weighted by Crippen LogP contribution is 2.14. The van der Waals surface area contributed by atoms with Crippen molar-refractivity contribution in [1.82, 2.24) is 20.1 Å². The second kappa shape index (κ2) is 3.41. The summed E-state index contributed by atoms with van der Waals surface area (Å²) in [5, 5.41) is 3.73. The maximum absolute atomic E-state index is 4.83. The molecule has 0 saturated carbocycles. The van der Waals surface area contributed by atoms with Crippen molar-refractivity contribution in [3.8, 4) is 17.4 Å². The van der Waals surface area contributed by atoms with Crippen molar-refractivity contribution in [2.24, 2.45) is 0 Å². The van der Waals surface area contributed by atoms with Gasteiger partial charge in [0.05, 0.1) is 12.7 Å². The van der Waals surface area contributed by atoms with Gasteiger partial charge in [0, 0.05) is 19.3 Å². The van der Waals surface area contributed by atoms with E-state index < -0.39 is 0 Å². The molecule has 0 aliphatic rings. The van der Waals surface area contributed by atoms with Crippen LogP contribution in [0, 0.1) is 6.92 Å². The lowest BCUT2D eigenvalue weighted by molar-refractivity contribution is 0.379. The van der Waals surface area contributed by atoms with Crippen LogP contribution in [-0.2, 0) is 0 Å². The van der Waals surface area contributed by atoms with Gasteiger partial charge < -0.3 is 9.26 Å². The molecule has 2 heterocycles. The van der Waals surface area contributed by atoms with E-state index in [2.05, 4.69) is 20.1 Å². The summed E-state index contributed by atoms with van der Waals surface area (Å²) in [5.74, 6) is 0.987. The number of hydrogen-bond acceptors (Lipinski definition) is 6. The fraction of sp³-hybridized carbons (Fsp3) is 0.250. The lowest BCUT2D eigenvalue weighted by Gasteiger charge is -1.96. The number of aromatic nitrogens is 4. The molecular weight excluding hydrogens is 184 g/mol. The third-order valence-corrected chi connectivity index (χ3v) is 1.60. The highest BCUT2D eigenvalue weighted by Gasteiger charge is 2.06. The van der Waals surface area contributed by atoms with Crippen molar-refractivity contribution < 1.29 is 9.26 Å². The summed E-state index contributed by atoms with van der Waals surface area (Å²) in [4.78, 5) is 11.9. The van der Waals surface area contributed by atoms with Crippen molar-refractivity contribution in [2.75, 3.05) is 7.11 Å². The van der Waals surface area contributed by atoms with Crippen LogP contribution in [0.5, 0.6) is 6.01 Å². The highest BCUT2D eigenvalue weighted by molar-refractivity contribution is 5.50. The first-order valence-corrected chi connectivity index (χ1v) is 3.96. The van der Waals surface area contributed by atoms with Crippen LogP contribution in [0.1, 0.15) is 5.89 Å². The quantitative estimate of drug-likeness (QED) is 0.702. The van der Waals surface area contributed by atoms with Crippen molar-refractivity contribution in [3.05, 3.63) is 18.3 Å². The molecule has 6 nitrogen and oxygen atoms in total. The molecular formula is C8H8N4O2. The standard InChI is InChI=1S/C8H8N4O2/c1-5-11-7(12-14-5)6-3-9-8(13-2)10-4-6/h3-4H,1-2H3. The maximum atomic E-state index is 4.83. The molecule has 0 aliphatic heterocycles. The molecule has 0 aromatic carbocycles. The van der Waals surface area contributed by atoms with Crippen LogP contribution in [0.2, 0.25) is 0 Å². The summed E-state index contributed by atoms with van der Waals surface area (Å²) in [5.41, 5.74) is 0.697. The zero-order valence-corrected chi connectivity index (χ0v) is 7.76. The topological polar surface area (TPSA) is 73.9 Å². The molecule has 72 valence electrons. The third-order valence-electron chi connectivity index (χ3n) is 1.60. The summed E-state index contributed by atoms with van der Waals surface area (Å²) in [6.45, 7) is 1.72. The molecule has 2 aromatic heterocycles. The lowest BCUT2D eigenvalue weighted by Crippen LogP contribution is -1.92. The SMILES string of the molecule is COc1ncc(-c2noc(C)n2)cn1. The molecule has 0 spiro atoms. The Labute approximate surface area is 80.0 Å². The average Bonchev–Trinajstić information content (AvgIpc) is 2.65. The van der Waals surface area contributed by atoms with Gasteiger partial charge in [0.15, 0.2) is 0 Å². The van der Waals surface area contributed by atoms with Crippen LogP contribution in [0.4, 0.5) is 0 Å². The average molecular weight is 192 g/mol. The van der Waals surface area contributed by atoms with Crippen LogP contribution >= 0.6 is 0 Å². The number of rotatable bonds is 2. The number of hydrogen-bond donors (Lipinski definition) is 0. The Bertz CT molecular complexity index is 423. The molecule has 6 heteroatoms. The van der Waals surface area contributed by atoms with Gasteiger partial charge in [-0.3, -0.25) is 0 Å². The van der Waals surface area contributed by atoms with E-state index in [0.29, 0.717) is 23.3 Å². The second-order valence-corrected chi connectivity index (χ2v) is 2.60. The van der Waals surface area contributed by atoms with Crippen molar-refractivity contribution in [2.45, 2.75) is 6.92 Å². The second-order valence-electron chi connectivity index (χ2n) is 2.60. The minimum atomic E-state index is 0.314. The minimum Gasteiger partial charge on any atom is -0.467 e. The molecule has 0 bridgehead atoms. The van der Waals surface area contributed by atoms with Gasteiger partial charge in [0.1, 0.15) is 0 Å². The minimum absolute atomic E-state index is 0.314. The normalized spacial score (nSPS) is 10.1. The van der Waals surface area contributed by atoms with Gasteiger partial charge in [-0.25, -0.2) is 9.97 Å². The van der Waals surface area contributed by atoms with E-state index >= 15 is 0 Å². The summed E-state index contributed by atoms with van der Waals surface area (Å²) >= 11 is 0. The first-order chi connectivity index (χ1) is 6.79. The van der Waals surface area contributed by atoms with Gasteiger partial charge in [0.2, 0.25) is 11.7 Å². The summed E-state index contributed by atoms with van der Waals surface area (Å²) < 4.78 is 9.65. The molecule has 0 amide bonds. The van der Waals surface area contributed by atoms with Crippen molar-refractivity contribution in [1.29, 1.82) is 0 Å². The first kappa shape index (κ1) is 8.61. The van der Waals surface area contributed by atoms with Crippen molar-refractivity contribution >= 4 is 0 Å². The number of ether oxygens (including phenoxy) is 1. The molecule has 0 unspecified atom stereocenters. The van der Waals surface area contributed by atoms with E-state index in [1.165, 1.54) is 7.11 Å². The van der Waals surface area contributed by atoms with Gasteiger partial charge in [-0.1, -0.05) is 5.16 Å². The fourth-order valence-corrected chi connectivity index (χ4v) is 0.954. The third kappa shape index (κ3) is 1.54. The Morgan fingerprint density at radius 3 is 2.50 bits per heavy atom. The maximum Gasteiger partial charge on any atom is 0.316 e. The summed E-state index contributed by atoms with van der Waals surface area (Å²) in [6.07, 6.45) is 3.16. The van der Waals surface area contributed by atoms with E-state index in [-0.39, 0.29) is 0 Å². The van der Waals surface area contributed by atoms with E-state index in [4.69, 9.17) is 9.26 Å².